The van der Waals surface area contributed by atoms with Crippen LogP contribution in [0.2, 0.25) is 5.02 Å². The second-order valence-corrected chi connectivity index (χ2v) is 5.73. The van der Waals surface area contributed by atoms with Crippen LogP contribution in [0.15, 0.2) is 33.1 Å². The number of carbonyl (C=O) groups excluding carboxylic acids is 1. The zero-order chi connectivity index (χ0) is 18.8. The second kappa shape index (κ2) is 6.96. The maximum atomic E-state index is 12.1. The third-order valence-corrected chi connectivity index (χ3v) is 3.76. The normalized spacial score (nSPS) is 10.7. The van der Waals surface area contributed by atoms with Crippen LogP contribution in [0.3, 0.4) is 0 Å². The minimum Gasteiger partial charge on any atom is -0.466 e. The van der Waals surface area contributed by atoms with Crippen molar-refractivity contribution in [3.05, 3.63) is 62.4 Å². The number of halogens is 1. The molecule has 2 aromatic heterocycles. The smallest absolute Gasteiger partial charge is 0.340 e. The largest absolute Gasteiger partial charge is 0.466 e. The van der Waals surface area contributed by atoms with Crippen LogP contribution in [0.4, 0.5) is 5.69 Å². The number of nitro groups is 1. The molecule has 1 aromatic carbocycles. The van der Waals surface area contributed by atoms with Crippen molar-refractivity contribution in [1.82, 2.24) is 10.2 Å². The Labute approximate surface area is 151 Å². The molecule has 0 radical (unpaired) electrons. The van der Waals surface area contributed by atoms with E-state index in [-0.39, 0.29) is 34.7 Å². The Balaban J connectivity index is 1.69. The molecule has 0 bridgehead atoms. The van der Waals surface area contributed by atoms with E-state index in [0.29, 0.717) is 17.1 Å². The van der Waals surface area contributed by atoms with E-state index in [1.807, 2.05) is 0 Å². The maximum absolute atomic E-state index is 12.1. The van der Waals surface area contributed by atoms with Crippen LogP contribution >= 0.6 is 11.6 Å². The molecule has 0 aliphatic rings. The third-order valence-electron chi connectivity index (χ3n) is 3.45. The molecule has 134 valence electrons. The summed E-state index contributed by atoms with van der Waals surface area (Å²) >= 11 is 5.89. The quantitative estimate of drug-likeness (QED) is 0.373. The number of aryl methyl sites for hydroxylation is 2. The van der Waals surface area contributed by atoms with Crippen molar-refractivity contribution in [1.29, 1.82) is 0 Å². The van der Waals surface area contributed by atoms with Crippen LogP contribution in [0.25, 0.3) is 11.5 Å². The number of ether oxygens (including phenoxy) is 1. The van der Waals surface area contributed by atoms with Crippen molar-refractivity contribution >= 4 is 23.3 Å². The Morgan fingerprint density at radius 2 is 2.04 bits per heavy atom. The Kier molecular flexibility index (Phi) is 4.72. The van der Waals surface area contributed by atoms with E-state index in [9.17, 15) is 14.9 Å². The fourth-order valence-corrected chi connectivity index (χ4v) is 2.50. The zero-order valence-corrected chi connectivity index (χ0v) is 14.4. The highest BCUT2D eigenvalue weighted by Gasteiger charge is 2.18. The Hall–Kier alpha value is -3.20. The molecule has 0 atom stereocenters. The fourth-order valence-electron chi connectivity index (χ4n) is 2.25. The van der Waals surface area contributed by atoms with Gasteiger partial charge in [0.1, 0.15) is 11.5 Å². The molecule has 0 aliphatic carbocycles. The predicted octanol–water partition coefficient (Wildman–Crippen LogP) is 3.87. The van der Waals surface area contributed by atoms with Gasteiger partial charge in [-0.3, -0.25) is 10.1 Å². The van der Waals surface area contributed by atoms with Crippen molar-refractivity contribution in [2.45, 2.75) is 20.5 Å². The molecule has 0 spiro atoms. The highest BCUT2D eigenvalue weighted by molar-refractivity contribution is 6.33. The summed E-state index contributed by atoms with van der Waals surface area (Å²) in [6, 6.07) is 5.22. The summed E-state index contributed by atoms with van der Waals surface area (Å²) in [4.78, 5) is 22.1. The molecule has 0 fully saturated rings. The first kappa shape index (κ1) is 17.6. The Bertz CT molecular complexity index is 994. The van der Waals surface area contributed by atoms with Gasteiger partial charge in [0.15, 0.2) is 6.61 Å². The lowest BCUT2D eigenvalue weighted by atomic mass is 10.2. The van der Waals surface area contributed by atoms with Gasteiger partial charge in [0.05, 0.1) is 21.1 Å². The van der Waals surface area contributed by atoms with Crippen LogP contribution in [0.1, 0.15) is 27.8 Å². The highest BCUT2D eigenvalue weighted by Crippen LogP contribution is 2.26. The lowest BCUT2D eigenvalue weighted by Gasteiger charge is -2.04. The van der Waals surface area contributed by atoms with Gasteiger partial charge in [0.2, 0.25) is 0 Å². The zero-order valence-electron chi connectivity index (χ0n) is 13.7. The molecule has 26 heavy (non-hydrogen) atoms. The molecule has 0 saturated carbocycles. The number of nitro benzene ring substituents is 1. The minimum atomic E-state index is -0.764. The molecule has 3 aromatic rings. The third kappa shape index (κ3) is 3.57. The summed E-state index contributed by atoms with van der Waals surface area (Å²) in [6.07, 6.45) is 0. The lowest BCUT2D eigenvalue weighted by molar-refractivity contribution is -0.384. The highest BCUT2D eigenvalue weighted by atomic mass is 35.5. The van der Waals surface area contributed by atoms with Gasteiger partial charge in [-0.25, -0.2) is 4.79 Å². The van der Waals surface area contributed by atoms with Gasteiger partial charge in [-0.05, 0) is 26.0 Å². The Morgan fingerprint density at radius 3 is 2.65 bits per heavy atom. The fraction of sp³-hybridized carbons (Fsp3) is 0.188. The number of nitrogens with zero attached hydrogens (tertiary/aromatic N) is 3. The van der Waals surface area contributed by atoms with Crippen LogP contribution in [0.5, 0.6) is 0 Å². The summed E-state index contributed by atoms with van der Waals surface area (Å²) in [5.41, 5.74) is 0.433. The monoisotopic (exact) mass is 377 g/mol. The molecule has 0 unspecified atom stereocenters. The van der Waals surface area contributed by atoms with Crippen molar-refractivity contribution in [3.8, 4) is 11.5 Å². The van der Waals surface area contributed by atoms with E-state index in [1.54, 1.807) is 19.9 Å². The number of furan rings is 1. The Morgan fingerprint density at radius 1 is 1.27 bits per heavy atom. The molecular weight excluding hydrogens is 366 g/mol. The van der Waals surface area contributed by atoms with Crippen molar-refractivity contribution in [2.75, 3.05) is 0 Å². The van der Waals surface area contributed by atoms with Gasteiger partial charge in [0.25, 0.3) is 17.5 Å². The summed E-state index contributed by atoms with van der Waals surface area (Å²) in [7, 11) is 0. The average molecular weight is 378 g/mol. The summed E-state index contributed by atoms with van der Waals surface area (Å²) < 4.78 is 15.9. The van der Waals surface area contributed by atoms with Gasteiger partial charge >= 0.3 is 5.97 Å². The van der Waals surface area contributed by atoms with Gasteiger partial charge in [-0.1, -0.05) is 11.6 Å². The number of hydrogen-bond acceptors (Lipinski definition) is 8. The molecule has 2 heterocycles. The SMILES string of the molecule is Cc1cc(-c2nnc(COC(=O)c3ccc([N+](=O)[O-])cc3Cl)o2)c(C)o1. The van der Waals surface area contributed by atoms with Gasteiger partial charge in [0, 0.05) is 12.1 Å². The first-order valence-electron chi connectivity index (χ1n) is 7.36. The number of benzene rings is 1. The molecule has 3 rings (SSSR count). The number of aromatic nitrogens is 2. The van der Waals surface area contributed by atoms with Crippen LogP contribution in [-0.2, 0) is 11.3 Å². The summed E-state index contributed by atoms with van der Waals surface area (Å²) in [6.45, 7) is 3.29. The maximum Gasteiger partial charge on any atom is 0.340 e. The van der Waals surface area contributed by atoms with Gasteiger partial charge in [-0.2, -0.15) is 0 Å². The number of rotatable bonds is 5. The number of non-ortho nitro benzene ring substituents is 1. The summed E-state index contributed by atoms with van der Waals surface area (Å²) in [5, 5.41) is 18.3. The molecule has 0 N–H and O–H groups in total. The molecule has 0 saturated heterocycles. The van der Waals surface area contributed by atoms with E-state index in [1.165, 1.54) is 6.07 Å². The molecule has 10 heteroatoms. The first-order chi connectivity index (χ1) is 12.3. The van der Waals surface area contributed by atoms with E-state index < -0.39 is 10.9 Å². The molecular formula is C16H12ClN3O6. The van der Waals surface area contributed by atoms with Crippen molar-refractivity contribution in [2.24, 2.45) is 0 Å². The number of hydrogen-bond donors (Lipinski definition) is 0. The molecule has 0 aliphatic heterocycles. The standard InChI is InChI=1S/C16H12ClN3O6/c1-8-5-12(9(2)25-8)15-19-18-14(26-15)7-24-16(21)11-4-3-10(20(22)23)6-13(11)17/h3-6H,7H2,1-2H3. The second-order valence-electron chi connectivity index (χ2n) is 5.33. The summed E-state index contributed by atoms with van der Waals surface area (Å²) in [5.74, 6) is 0.909. The first-order valence-corrected chi connectivity index (χ1v) is 7.74. The lowest BCUT2D eigenvalue weighted by Crippen LogP contribution is -2.06. The number of esters is 1. The molecule has 0 amide bonds. The van der Waals surface area contributed by atoms with Crippen LogP contribution in [-0.4, -0.2) is 21.1 Å². The van der Waals surface area contributed by atoms with Gasteiger partial charge in [-0.15, -0.1) is 10.2 Å². The van der Waals surface area contributed by atoms with Crippen LogP contribution in [0, 0.1) is 24.0 Å². The van der Waals surface area contributed by atoms with Crippen molar-refractivity contribution in [3.63, 3.8) is 0 Å². The van der Waals surface area contributed by atoms with Gasteiger partial charge < -0.3 is 13.6 Å². The van der Waals surface area contributed by atoms with E-state index in [2.05, 4.69) is 10.2 Å². The van der Waals surface area contributed by atoms with Crippen molar-refractivity contribution < 1.29 is 23.3 Å². The minimum absolute atomic E-state index is 0.00157. The molecule has 9 nitrogen and oxygen atoms in total. The van der Waals surface area contributed by atoms with E-state index in [0.717, 1.165) is 12.1 Å². The van der Waals surface area contributed by atoms with E-state index in [4.69, 9.17) is 25.2 Å². The predicted molar refractivity (Wildman–Crippen MR) is 88.7 cm³/mol. The van der Waals surface area contributed by atoms with Crippen LogP contribution < -0.4 is 0 Å². The topological polar surface area (TPSA) is 122 Å². The number of carbonyl (C=O) groups is 1. The van der Waals surface area contributed by atoms with E-state index >= 15 is 0 Å². The average Bonchev–Trinajstić information content (AvgIpc) is 3.18.